The molecule has 0 fully saturated rings. The smallest absolute Gasteiger partial charge is 0.179 e. The van der Waals surface area contributed by atoms with Crippen LogP contribution in [0.15, 0.2) is 303 Å². The fraction of sp³-hybridized carbons (Fsp3) is 0. The number of nitrogens with zero attached hydrogens (tertiary/aromatic N) is 2. The topological polar surface area (TPSA) is 9.86 Å². The van der Waals surface area contributed by atoms with Crippen molar-refractivity contribution in [1.29, 1.82) is 0 Å². The summed E-state index contributed by atoms with van der Waals surface area (Å²) in [4.78, 5) is 0. The summed E-state index contributed by atoms with van der Waals surface area (Å²) in [5.41, 5.74) is 16.5. The van der Waals surface area contributed by atoms with Gasteiger partial charge in [0, 0.05) is 43.9 Å². The molecule has 75 heavy (non-hydrogen) atoms. The Morgan fingerprint density at radius 2 is 0.667 bits per heavy atom. The zero-order chi connectivity index (χ0) is 49.7. The van der Waals surface area contributed by atoms with Gasteiger partial charge in [-0.1, -0.05) is 267 Å². The molecule has 0 aliphatic heterocycles. The van der Waals surface area contributed by atoms with Crippen molar-refractivity contribution in [3.8, 4) is 55.9 Å². The van der Waals surface area contributed by atoms with Crippen molar-refractivity contribution >= 4 is 72.4 Å². The SMILES string of the molecule is c1ccc(-c2cccc([Si](c3ccccc3)(c3ccccc3)c3cc(-c4ccccc4)c(-n4c5ccccc5c5cc(-c6cccc7c8ccccc8n(-c8ccccc8)c67)ccc54)c(-c4ccccc4)c3)c2)cc1. The maximum absolute atomic E-state index is 3.13. The Hall–Kier alpha value is -9.54. The number of fused-ring (bicyclic) bond motifs is 6. The van der Waals surface area contributed by atoms with Crippen LogP contribution in [0.4, 0.5) is 0 Å². The number of benzene rings is 12. The highest BCUT2D eigenvalue weighted by Gasteiger charge is 2.43. The average molecular weight is 971 g/mol. The van der Waals surface area contributed by atoms with E-state index in [9.17, 15) is 0 Å². The minimum Gasteiger partial charge on any atom is -0.309 e. The van der Waals surface area contributed by atoms with Crippen molar-refractivity contribution in [2.75, 3.05) is 0 Å². The van der Waals surface area contributed by atoms with Gasteiger partial charge in [0.1, 0.15) is 0 Å². The van der Waals surface area contributed by atoms with Crippen LogP contribution in [0.5, 0.6) is 0 Å². The molecule has 3 heteroatoms. The van der Waals surface area contributed by atoms with Crippen molar-refractivity contribution in [2.24, 2.45) is 0 Å². The molecule has 0 unspecified atom stereocenters. The Labute approximate surface area is 438 Å². The Kier molecular flexibility index (Phi) is 10.9. The molecule has 0 radical (unpaired) electrons. The molecule has 352 valence electrons. The highest BCUT2D eigenvalue weighted by molar-refractivity contribution is 7.20. The van der Waals surface area contributed by atoms with E-state index in [4.69, 9.17) is 0 Å². The lowest BCUT2D eigenvalue weighted by Gasteiger charge is -2.36. The lowest BCUT2D eigenvalue weighted by atomic mass is 9.95. The molecule has 2 nitrogen and oxygen atoms in total. The molecule has 0 aliphatic rings. The van der Waals surface area contributed by atoms with Gasteiger partial charge in [-0.25, -0.2) is 0 Å². The quantitative estimate of drug-likeness (QED) is 0.0955. The third kappa shape index (κ3) is 7.31. The second kappa shape index (κ2) is 18.5. The van der Waals surface area contributed by atoms with Crippen LogP contribution in [0.25, 0.3) is 99.5 Å². The molecule has 0 amide bonds. The van der Waals surface area contributed by atoms with Gasteiger partial charge in [-0.2, -0.15) is 0 Å². The van der Waals surface area contributed by atoms with E-state index in [1.807, 2.05) is 0 Å². The number of hydrogen-bond donors (Lipinski definition) is 0. The van der Waals surface area contributed by atoms with Crippen LogP contribution in [0.3, 0.4) is 0 Å². The number of aromatic nitrogens is 2. The van der Waals surface area contributed by atoms with Crippen molar-refractivity contribution in [1.82, 2.24) is 9.13 Å². The normalized spacial score (nSPS) is 11.7. The van der Waals surface area contributed by atoms with Gasteiger partial charge in [-0.15, -0.1) is 0 Å². The van der Waals surface area contributed by atoms with Crippen LogP contribution >= 0.6 is 0 Å². The van der Waals surface area contributed by atoms with E-state index in [1.165, 1.54) is 86.7 Å². The highest BCUT2D eigenvalue weighted by Crippen LogP contribution is 2.44. The molecule has 12 aromatic carbocycles. The van der Waals surface area contributed by atoms with Gasteiger partial charge in [-0.3, -0.25) is 0 Å². The van der Waals surface area contributed by atoms with Crippen LogP contribution in [0.1, 0.15) is 0 Å². The second-order valence-corrected chi connectivity index (χ2v) is 23.4. The predicted molar refractivity (Wildman–Crippen MR) is 320 cm³/mol. The summed E-state index contributed by atoms with van der Waals surface area (Å²) in [6, 6.07) is 113. The number of hydrogen-bond acceptors (Lipinski definition) is 0. The Balaban J connectivity index is 1.09. The van der Waals surface area contributed by atoms with E-state index in [1.54, 1.807) is 0 Å². The van der Waals surface area contributed by atoms with E-state index >= 15 is 0 Å². The predicted octanol–water partition coefficient (Wildman–Crippen LogP) is 15.9. The minimum atomic E-state index is -3.13. The molecule has 0 aliphatic carbocycles. The molecule has 0 N–H and O–H groups in total. The molecule has 2 heterocycles. The zero-order valence-electron chi connectivity index (χ0n) is 41.3. The highest BCUT2D eigenvalue weighted by atomic mass is 28.3. The summed E-state index contributed by atoms with van der Waals surface area (Å²) < 4.78 is 5.01. The lowest BCUT2D eigenvalue weighted by molar-refractivity contribution is 1.18. The maximum Gasteiger partial charge on any atom is 0.179 e. The summed E-state index contributed by atoms with van der Waals surface area (Å²) in [6.07, 6.45) is 0. The lowest BCUT2D eigenvalue weighted by Crippen LogP contribution is -2.74. The molecular formula is C72H50N2Si. The molecule has 0 spiro atoms. The fourth-order valence-corrected chi connectivity index (χ4v) is 17.0. The number of para-hydroxylation sites is 4. The standard InChI is InChI=1S/C72H50N2Si/c1-7-25-51(26-8-1)54-31-23-38-59(47-54)75(57-34-15-5-16-35-57,58-36-17-6-18-37-58)60-49-65(52-27-9-2-10-28-52)72(66(50-60)53-29-11-3-12-30-53)74-69-44-22-20-40-63(69)67-48-55(45-46-70(67)74)61-41-24-42-64-62-39-19-21-43-68(62)73(71(61)64)56-32-13-4-14-33-56/h1-50H. The zero-order valence-corrected chi connectivity index (χ0v) is 42.3. The summed E-state index contributed by atoms with van der Waals surface area (Å²) in [6.45, 7) is 0. The average Bonchev–Trinajstić information content (AvgIpc) is 4.06. The fourth-order valence-electron chi connectivity index (χ4n) is 12.2. The van der Waals surface area contributed by atoms with Crippen molar-refractivity contribution in [3.63, 3.8) is 0 Å². The van der Waals surface area contributed by atoms with Crippen molar-refractivity contribution in [3.05, 3.63) is 303 Å². The molecule has 0 saturated carbocycles. The minimum absolute atomic E-state index is 1.15. The van der Waals surface area contributed by atoms with Crippen LogP contribution in [0.2, 0.25) is 0 Å². The summed E-state index contributed by atoms with van der Waals surface area (Å²) >= 11 is 0. The van der Waals surface area contributed by atoms with E-state index in [0.717, 1.165) is 33.5 Å². The Morgan fingerprint density at radius 3 is 1.27 bits per heavy atom. The number of rotatable bonds is 10. The molecule has 0 atom stereocenters. The second-order valence-electron chi connectivity index (χ2n) is 19.6. The van der Waals surface area contributed by atoms with E-state index in [0.29, 0.717) is 0 Å². The molecule has 14 rings (SSSR count). The Bertz CT molecular complexity index is 4270. The van der Waals surface area contributed by atoms with Gasteiger partial charge < -0.3 is 9.13 Å². The Morgan fingerprint density at radius 1 is 0.227 bits per heavy atom. The molecule has 0 bridgehead atoms. The molecule has 2 aromatic heterocycles. The monoisotopic (exact) mass is 970 g/mol. The maximum atomic E-state index is 2.57. The first kappa shape index (κ1) is 44.2. The first-order valence-electron chi connectivity index (χ1n) is 25.9. The van der Waals surface area contributed by atoms with Crippen LogP contribution in [-0.2, 0) is 0 Å². The molecular weight excluding hydrogens is 921 g/mol. The van der Waals surface area contributed by atoms with Gasteiger partial charge in [0.05, 0.1) is 27.8 Å². The molecule has 14 aromatic rings. The first-order chi connectivity index (χ1) is 37.2. The largest absolute Gasteiger partial charge is 0.309 e. The first-order valence-corrected chi connectivity index (χ1v) is 27.9. The van der Waals surface area contributed by atoms with Gasteiger partial charge in [-0.05, 0) is 85.0 Å². The van der Waals surface area contributed by atoms with Crippen molar-refractivity contribution < 1.29 is 0 Å². The van der Waals surface area contributed by atoms with Crippen molar-refractivity contribution in [2.45, 2.75) is 0 Å². The van der Waals surface area contributed by atoms with Crippen LogP contribution in [0, 0.1) is 0 Å². The van der Waals surface area contributed by atoms with E-state index < -0.39 is 8.07 Å². The van der Waals surface area contributed by atoms with Gasteiger partial charge in [0.25, 0.3) is 0 Å². The van der Waals surface area contributed by atoms with Gasteiger partial charge in [0.2, 0.25) is 0 Å². The summed E-state index contributed by atoms with van der Waals surface area (Å²) in [5, 5.41) is 10.2. The molecule has 0 saturated heterocycles. The third-order valence-electron chi connectivity index (χ3n) is 15.4. The van der Waals surface area contributed by atoms with Gasteiger partial charge >= 0.3 is 0 Å². The van der Waals surface area contributed by atoms with Crippen LogP contribution < -0.4 is 20.7 Å². The van der Waals surface area contributed by atoms with Gasteiger partial charge in [0.15, 0.2) is 8.07 Å². The van der Waals surface area contributed by atoms with E-state index in [2.05, 4.69) is 312 Å². The summed E-state index contributed by atoms with van der Waals surface area (Å²) in [7, 11) is -3.13. The van der Waals surface area contributed by atoms with Crippen LogP contribution in [-0.4, -0.2) is 17.2 Å². The summed E-state index contributed by atoms with van der Waals surface area (Å²) in [5.74, 6) is 0. The van der Waals surface area contributed by atoms with E-state index in [-0.39, 0.29) is 0 Å². The third-order valence-corrected chi connectivity index (χ3v) is 20.2.